The van der Waals surface area contributed by atoms with Crippen LogP contribution in [0.25, 0.3) is 0 Å². The standard InChI is InChI=1S/C25H29N3O5/c29-24(27-9-1-2-10-27)8-4-18-3-6-21-19(15-18)17-28(11-12-31-21)25(30)26-20-5-7-22-23(16-20)33-14-13-32-22/h3,5-7,15-16H,1-2,4,8-14,17H2,(H,26,30). The van der Waals surface area contributed by atoms with Crippen molar-refractivity contribution in [3.8, 4) is 17.2 Å². The van der Waals surface area contributed by atoms with Gasteiger partial charge in [0.25, 0.3) is 0 Å². The zero-order valence-electron chi connectivity index (χ0n) is 18.7. The highest BCUT2D eigenvalue weighted by atomic mass is 16.6. The lowest BCUT2D eigenvalue weighted by Gasteiger charge is -2.22. The van der Waals surface area contributed by atoms with Gasteiger partial charge in [-0.2, -0.15) is 0 Å². The van der Waals surface area contributed by atoms with Crippen LogP contribution in [0, 0.1) is 0 Å². The van der Waals surface area contributed by atoms with Gasteiger partial charge in [-0.25, -0.2) is 4.79 Å². The van der Waals surface area contributed by atoms with Crippen LogP contribution >= 0.6 is 0 Å². The summed E-state index contributed by atoms with van der Waals surface area (Å²) in [5.74, 6) is 2.34. The third-order valence-corrected chi connectivity index (χ3v) is 6.27. The zero-order chi connectivity index (χ0) is 22.6. The molecule has 0 spiro atoms. The molecule has 0 bridgehead atoms. The predicted molar refractivity (Wildman–Crippen MR) is 123 cm³/mol. The maximum Gasteiger partial charge on any atom is 0.322 e. The zero-order valence-corrected chi connectivity index (χ0v) is 18.7. The first-order valence-electron chi connectivity index (χ1n) is 11.6. The molecule has 0 radical (unpaired) electrons. The number of hydrogen-bond donors (Lipinski definition) is 1. The molecule has 3 aliphatic rings. The van der Waals surface area contributed by atoms with Crippen LogP contribution in [-0.2, 0) is 17.8 Å². The second-order valence-corrected chi connectivity index (χ2v) is 8.59. The molecule has 0 atom stereocenters. The lowest BCUT2D eigenvalue weighted by atomic mass is 10.0. The Balaban J connectivity index is 1.23. The summed E-state index contributed by atoms with van der Waals surface area (Å²) in [7, 11) is 0. The van der Waals surface area contributed by atoms with Crippen molar-refractivity contribution in [2.75, 3.05) is 44.8 Å². The van der Waals surface area contributed by atoms with E-state index in [-0.39, 0.29) is 11.9 Å². The Labute approximate surface area is 193 Å². The van der Waals surface area contributed by atoms with Gasteiger partial charge >= 0.3 is 6.03 Å². The quantitative estimate of drug-likeness (QED) is 0.770. The van der Waals surface area contributed by atoms with Crippen LogP contribution in [0.2, 0.25) is 0 Å². The lowest BCUT2D eigenvalue weighted by Crippen LogP contribution is -2.36. The summed E-state index contributed by atoms with van der Waals surface area (Å²) < 4.78 is 17.0. The van der Waals surface area contributed by atoms with E-state index in [2.05, 4.69) is 11.4 Å². The molecule has 0 aromatic heterocycles. The second kappa shape index (κ2) is 9.60. The fraction of sp³-hybridized carbons (Fsp3) is 0.440. The van der Waals surface area contributed by atoms with Gasteiger partial charge in [0.05, 0.1) is 13.1 Å². The maximum atomic E-state index is 13.0. The number of benzene rings is 2. The third kappa shape index (κ3) is 4.99. The molecule has 3 heterocycles. The smallest absolute Gasteiger partial charge is 0.322 e. The first-order chi connectivity index (χ1) is 16.2. The Kier molecular flexibility index (Phi) is 6.24. The molecule has 3 amide bonds. The Morgan fingerprint density at radius 3 is 2.42 bits per heavy atom. The van der Waals surface area contributed by atoms with E-state index in [1.165, 1.54) is 0 Å². The van der Waals surface area contributed by atoms with E-state index in [4.69, 9.17) is 14.2 Å². The van der Waals surface area contributed by atoms with Gasteiger partial charge in [0, 0.05) is 36.8 Å². The van der Waals surface area contributed by atoms with Crippen molar-refractivity contribution in [3.63, 3.8) is 0 Å². The maximum absolute atomic E-state index is 13.0. The van der Waals surface area contributed by atoms with Crippen molar-refractivity contribution in [1.82, 2.24) is 9.80 Å². The van der Waals surface area contributed by atoms with Crippen LogP contribution < -0.4 is 19.5 Å². The first kappa shape index (κ1) is 21.4. The monoisotopic (exact) mass is 451 g/mol. The molecule has 5 rings (SSSR count). The fourth-order valence-corrected chi connectivity index (χ4v) is 4.48. The molecule has 0 aliphatic carbocycles. The van der Waals surface area contributed by atoms with Gasteiger partial charge in [0.15, 0.2) is 11.5 Å². The number of urea groups is 1. The molecule has 1 saturated heterocycles. The molecule has 8 heteroatoms. The van der Waals surface area contributed by atoms with E-state index in [1.54, 1.807) is 17.0 Å². The van der Waals surface area contributed by atoms with Crippen molar-refractivity contribution in [3.05, 3.63) is 47.5 Å². The highest BCUT2D eigenvalue weighted by Gasteiger charge is 2.22. The molecule has 2 aromatic rings. The molecular formula is C25H29N3O5. The minimum atomic E-state index is -0.197. The summed E-state index contributed by atoms with van der Waals surface area (Å²) >= 11 is 0. The van der Waals surface area contributed by atoms with E-state index in [9.17, 15) is 9.59 Å². The molecule has 3 aliphatic heterocycles. The number of carbonyl (C=O) groups is 2. The van der Waals surface area contributed by atoms with Gasteiger partial charge < -0.3 is 29.3 Å². The number of ether oxygens (including phenoxy) is 3. The van der Waals surface area contributed by atoms with Crippen molar-refractivity contribution >= 4 is 17.6 Å². The highest BCUT2D eigenvalue weighted by molar-refractivity contribution is 5.89. The third-order valence-electron chi connectivity index (χ3n) is 6.27. The van der Waals surface area contributed by atoms with Crippen LogP contribution in [0.1, 0.15) is 30.4 Å². The summed E-state index contributed by atoms with van der Waals surface area (Å²) in [6.45, 7) is 4.13. The normalized spacial score (nSPS) is 17.1. The van der Waals surface area contributed by atoms with Crippen LogP contribution in [0.15, 0.2) is 36.4 Å². The van der Waals surface area contributed by atoms with Gasteiger partial charge in [0.2, 0.25) is 5.91 Å². The van der Waals surface area contributed by atoms with Gasteiger partial charge in [-0.15, -0.1) is 0 Å². The molecule has 0 unspecified atom stereocenters. The number of aryl methyl sites for hydroxylation is 1. The summed E-state index contributed by atoms with van der Waals surface area (Å²) in [5.41, 5.74) is 2.69. The fourth-order valence-electron chi connectivity index (χ4n) is 4.48. The van der Waals surface area contributed by atoms with Crippen molar-refractivity contribution < 1.29 is 23.8 Å². The van der Waals surface area contributed by atoms with Crippen LogP contribution in [0.3, 0.4) is 0 Å². The van der Waals surface area contributed by atoms with Crippen LogP contribution in [0.4, 0.5) is 10.5 Å². The van der Waals surface area contributed by atoms with Crippen molar-refractivity contribution in [2.24, 2.45) is 0 Å². The molecule has 1 fully saturated rings. The van der Waals surface area contributed by atoms with Gasteiger partial charge in [-0.05, 0) is 43.0 Å². The number of hydrogen-bond acceptors (Lipinski definition) is 5. The Morgan fingerprint density at radius 1 is 0.818 bits per heavy atom. The van der Waals surface area contributed by atoms with E-state index < -0.39 is 0 Å². The second-order valence-electron chi connectivity index (χ2n) is 8.59. The van der Waals surface area contributed by atoms with Crippen LogP contribution in [-0.4, -0.2) is 61.2 Å². The van der Waals surface area contributed by atoms with E-state index >= 15 is 0 Å². The number of nitrogens with zero attached hydrogens (tertiary/aromatic N) is 2. The average molecular weight is 452 g/mol. The number of rotatable bonds is 4. The first-order valence-corrected chi connectivity index (χ1v) is 11.6. The average Bonchev–Trinajstić information content (AvgIpc) is 3.29. The highest BCUT2D eigenvalue weighted by Crippen LogP contribution is 2.33. The van der Waals surface area contributed by atoms with E-state index in [0.717, 1.165) is 42.8 Å². The minimum Gasteiger partial charge on any atom is -0.491 e. The van der Waals surface area contributed by atoms with Crippen LogP contribution in [0.5, 0.6) is 17.2 Å². The number of carbonyl (C=O) groups excluding carboxylic acids is 2. The molecular weight excluding hydrogens is 422 g/mol. The van der Waals surface area contributed by atoms with E-state index in [0.29, 0.717) is 62.9 Å². The Morgan fingerprint density at radius 2 is 1.58 bits per heavy atom. The van der Waals surface area contributed by atoms with Gasteiger partial charge in [-0.3, -0.25) is 4.79 Å². The Bertz CT molecular complexity index is 1030. The molecule has 0 saturated carbocycles. The minimum absolute atomic E-state index is 0.197. The summed E-state index contributed by atoms with van der Waals surface area (Å²) in [6, 6.07) is 11.2. The topological polar surface area (TPSA) is 80.3 Å². The molecule has 2 aromatic carbocycles. The van der Waals surface area contributed by atoms with Crippen molar-refractivity contribution in [2.45, 2.75) is 32.2 Å². The lowest BCUT2D eigenvalue weighted by molar-refractivity contribution is -0.130. The number of fused-ring (bicyclic) bond motifs is 2. The summed E-state index contributed by atoms with van der Waals surface area (Å²) in [6.07, 6.45) is 3.40. The Hall–Kier alpha value is -3.42. The predicted octanol–water partition coefficient (Wildman–Crippen LogP) is 3.44. The largest absolute Gasteiger partial charge is 0.491 e. The van der Waals surface area contributed by atoms with Crippen molar-refractivity contribution in [1.29, 1.82) is 0 Å². The summed E-state index contributed by atoms with van der Waals surface area (Å²) in [5, 5.41) is 2.95. The number of anilines is 1. The molecule has 8 nitrogen and oxygen atoms in total. The number of likely N-dealkylation sites (tertiary alicyclic amines) is 1. The summed E-state index contributed by atoms with van der Waals surface area (Å²) in [4.78, 5) is 29.1. The number of amides is 3. The molecule has 1 N–H and O–H groups in total. The van der Waals surface area contributed by atoms with Gasteiger partial charge in [0.1, 0.15) is 25.6 Å². The molecule has 33 heavy (non-hydrogen) atoms. The van der Waals surface area contributed by atoms with Gasteiger partial charge in [-0.1, -0.05) is 12.1 Å². The van der Waals surface area contributed by atoms with E-state index in [1.807, 2.05) is 23.1 Å². The number of nitrogens with one attached hydrogen (secondary N) is 1. The SMILES string of the molecule is O=C(CCc1ccc2c(c1)CN(C(=O)Nc1ccc3c(c1)OCCO3)CCO2)N1CCCC1. The molecule has 174 valence electrons.